The monoisotopic (exact) mass is 225 g/mol. The molecule has 1 fully saturated rings. The summed E-state index contributed by atoms with van der Waals surface area (Å²) in [6.45, 7) is 0.496. The van der Waals surface area contributed by atoms with E-state index in [1.54, 1.807) is 0 Å². The Labute approximate surface area is 93.4 Å². The summed E-state index contributed by atoms with van der Waals surface area (Å²) < 4.78 is 0. The van der Waals surface area contributed by atoms with E-state index >= 15 is 0 Å². The molecule has 0 radical (unpaired) electrons. The summed E-state index contributed by atoms with van der Waals surface area (Å²) in [5, 5.41) is 18.1. The second-order valence-electron chi connectivity index (χ2n) is 4.42. The Balaban J connectivity index is 2.23. The van der Waals surface area contributed by atoms with Crippen LogP contribution in [0.5, 0.6) is 0 Å². The Hall–Kier alpha value is -1.52. The molecule has 1 aliphatic carbocycles. The average Bonchev–Trinajstić information content (AvgIpc) is 2.27. The fourth-order valence-corrected chi connectivity index (χ4v) is 2.65. The molecule has 0 aromatic rings. The molecule has 0 saturated carbocycles. The van der Waals surface area contributed by atoms with E-state index in [2.05, 4.69) is 0 Å². The lowest BCUT2D eigenvalue weighted by molar-refractivity contribution is -0.144. The first kappa shape index (κ1) is 11.0. The van der Waals surface area contributed by atoms with Crippen LogP contribution in [0.3, 0.4) is 0 Å². The number of aliphatic carboxylic acids is 1. The maximum atomic E-state index is 11.1. The second-order valence-corrected chi connectivity index (χ2v) is 4.42. The highest BCUT2D eigenvalue weighted by atomic mass is 16.4. The standard InChI is InChI=1S/C11H15NO4/c13-10(14)9-6-12(11(15)16)5-7-3-1-2-4-8(7)9/h3,8-9H,1-2,4-6H2,(H,13,14)(H,15,16)/t8-,9-/m1/s1. The molecule has 0 bridgehead atoms. The van der Waals surface area contributed by atoms with Gasteiger partial charge in [-0.1, -0.05) is 11.6 Å². The largest absolute Gasteiger partial charge is 0.481 e. The topological polar surface area (TPSA) is 77.8 Å². The van der Waals surface area contributed by atoms with Crippen LogP contribution in [0.25, 0.3) is 0 Å². The lowest BCUT2D eigenvalue weighted by Crippen LogP contribution is -2.47. The average molecular weight is 225 g/mol. The highest BCUT2D eigenvalue weighted by Crippen LogP contribution is 2.36. The number of carboxylic acids is 1. The normalized spacial score (nSPS) is 29.2. The van der Waals surface area contributed by atoms with Gasteiger partial charge in [0.05, 0.1) is 5.92 Å². The van der Waals surface area contributed by atoms with Crippen molar-refractivity contribution >= 4 is 12.1 Å². The molecule has 1 amide bonds. The van der Waals surface area contributed by atoms with E-state index in [0.29, 0.717) is 6.54 Å². The van der Waals surface area contributed by atoms with Crippen LogP contribution in [0.15, 0.2) is 11.6 Å². The molecule has 2 aliphatic rings. The van der Waals surface area contributed by atoms with Crippen molar-refractivity contribution in [2.24, 2.45) is 11.8 Å². The van der Waals surface area contributed by atoms with E-state index in [1.165, 1.54) is 4.90 Å². The highest BCUT2D eigenvalue weighted by molar-refractivity contribution is 5.74. The number of fused-ring (bicyclic) bond motifs is 1. The van der Waals surface area contributed by atoms with Gasteiger partial charge in [0.1, 0.15) is 0 Å². The minimum Gasteiger partial charge on any atom is -0.481 e. The van der Waals surface area contributed by atoms with Gasteiger partial charge in [0.2, 0.25) is 0 Å². The number of amides is 1. The fourth-order valence-electron chi connectivity index (χ4n) is 2.65. The summed E-state index contributed by atoms with van der Waals surface area (Å²) in [5.41, 5.74) is 0.993. The summed E-state index contributed by atoms with van der Waals surface area (Å²) >= 11 is 0. The molecule has 1 saturated heterocycles. The van der Waals surface area contributed by atoms with E-state index < -0.39 is 18.0 Å². The molecule has 16 heavy (non-hydrogen) atoms. The maximum Gasteiger partial charge on any atom is 0.407 e. The van der Waals surface area contributed by atoms with Gasteiger partial charge >= 0.3 is 12.1 Å². The van der Waals surface area contributed by atoms with Crippen molar-refractivity contribution in [2.75, 3.05) is 13.1 Å². The molecule has 0 unspecified atom stereocenters. The van der Waals surface area contributed by atoms with Crippen molar-refractivity contribution in [3.8, 4) is 0 Å². The van der Waals surface area contributed by atoms with Crippen LogP contribution in [0.4, 0.5) is 4.79 Å². The molecular formula is C11H15NO4. The molecule has 1 aliphatic heterocycles. The fraction of sp³-hybridized carbons (Fsp3) is 0.636. The number of carboxylic acid groups (broad SMARTS) is 2. The van der Waals surface area contributed by atoms with E-state index in [0.717, 1.165) is 24.8 Å². The van der Waals surface area contributed by atoms with E-state index in [-0.39, 0.29) is 12.5 Å². The van der Waals surface area contributed by atoms with Crippen molar-refractivity contribution < 1.29 is 19.8 Å². The first-order valence-electron chi connectivity index (χ1n) is 5.49. The van der Waals surface area contributed by atoms with Gasteiger partial charge in [0.15, 0.2) is 0 Å². The van der Waals surface area contributed by atoms with Crippen molar-refractivity contribution in [3.63, 3.8) is 0 Å². The summed E-state index contributed by atoms with van der Waals surface area (Å²) in [7, 11) is 0. The third-order valence-corrected chi connectivity index (χ3v) is 3.47. The van der Waals surface area contributed by atoms with Crippen molar-refractivity contribution in [1.82, 2.24) is 4.90 Å². The van der Waals surface area contributed by atoms with E-state index in [1.807, 2.05) is 6.08 Å². The number of allylic oxidation sites excluding steroid dienone is 1. The summed E-state index contributed by atoms with van der Waals surface area (Å²) in [6.07, 6.45) is 3.79. The maximum absolute atomic E-state index is 11.1. The molecule has 2 N–H and O–H groups in total. The SMILES string of the molecule is O=C(O)[C@@H]1CN(C(=O)O)CC2=CCCC[C@H]21. The van der Waals surface area contributed by atoms with Crippen LogP contribution in [-0.4, -0.2) is 40.3 Å². The molecule has 1 heterocycles. The lowest BCUT2D eigenvalue weighted by Gasteiger charge is -2.39. The van der Waals surface area contributed by atoms with E-state index in [9.17, 15) is 9.59 Å². The molecule has 0 spiro atoms. The summed E-state index contributed by atoms with van der Waals surface area (Å²) in [6, 6.07) is 0. The molecular weight excluding hydrogens is 210 g/mol. The first-order chi connectivity index (χ1) is 7.59. The first-order valence-corrected chi connectivity index (χ1v) is 5.49. The molecule has 0 aromatic carbocycles. The van der Waals surface area contributed by atoms with Crippen LogP contribution in [0.1, 0.15) is 19.3 Å². The summed E-state index contributed by atoms with van der Waals surface area (Å²) in [4.78, 5) is 23.2. The van der Waals surface area contributed by atoms with Crippen LogP contribution >= 0.6 is 0 Å². The van der Waals surface area contributed by atoms with Gasteiger partial charge in [0, 0.05) is 13.1 Å². The van der Waals surface area contributed by atoms with Gasteiger partial charge in [-0.3, -0.25) is 4.79 Å². The van der Waals surface area contributed by atoms with Crippen molar-refractivity contribution in [1.29, 1.82) is 0 Å². The number of nitrogens with zero attached hydrogens (tertiary/aromatic N) is 1. The Morgan fingerprint density at radius 2 is 2.12 bits per heavy atom. The number of likely N-dealkylation sites (tertiary alicyclic amines) is 1. The molecule has 5 nitrogen and oxygen atoms in total. The smallest absolute Gasteiger partial charge is 0.407 e. The number of carbonyl (C=O) groups is 2. The van der Waals surface area contributed by atoms with Gasteiger partial charge < -0.3 is 15.1 Å². The van der Waals surface area contributed by atoms with Gasteiger partial charge in [0.25, 0.3) is 0 Å². The van der Waals surface area contributed by atoms with Gasteiger partial charge in [-0.2, -0.15) is 0 Å². The third-order valence-electron chi connectivity index (χ3n) is 3.47. The zero-order valence-electron chi connectivity index (χ0n) is 8.93. The Morgan fingerprint density at radius 1 is 1.38 bits per heavy atom. The predicted molar refractivity (Wildman–Crippen MR) is 56.1 cm³/mol. The lowest BCUT2D eigenvalue weighted by atomic mass is 9.75. The second kappa shape index (κ2) is 4.15. The molecule has 2 atom stereocenters. The van der Waals surface area contributed by atoms with Gasteiger partial charge in [-0.25, -0.2) is 4.79 Å². The van der Waals surface area contributed by atoms with Crippen LogP contribution < -0.4 is 0 Å². The Bertz CT molecular complexity index is 350. The molecule has 5 heteroatoms. The number of piperidine rings is 1. The van der Waals surface area contributed by atoms with Crippen LogP contribution in [0, 0.1) is 11.8 Å². The van der Waals surface area contributed by atoms with Gasteiger partial charge in [-0.15, -0.1) is 0 Å². The van der Waals surface area contributed by atoms with Crippen molar-refractivity contribution in [3.05, 3.63) is 11.6 Å². The Morgan fingerprint density at radius 3 is 2.75 bits per heavy atom. The molecule has 88 valence electrons. The van der Waals surface area contributed by atoms with E-state index in [4.69, 9.17) is 10.2 Å². The van der Waals surface area contributed by atoms with Crippen LogP contribution in [0.2, 0.25) is 0 Å². The molecule has 2 rings (SSSR count). The minimum absolute atomic E-state index is 0.0434. The van der Waals surface area contributed by atoms with Crippen molar-refractivity contribution in [2.45, 2.75) is 19.3 Å². The highest BCUT2D eigenvalue weighted by Gasteiger charge is 2.39. The number of hydrogen-bond acceptors (Lipinski definition) is 2. The molecule has 0 aromatic heterocycles. The third kappa shape index (κ3) is 1.89. The zero-order valence-corrected chi connectivity index (χ0v) is 8.93. The van der Waals surface area contributed by atoms with Gasteiger partial charge in [-0.05, 0) is 25.2 Å². The Kier molecular flexibility index (Phi) is 2.85. The zero-order chi connectivity index (χ0) is 11.7. The minimum atomic E-state index is -1.03. The number of hydrogen-bond donors (Lipinski definition) is 2. The number of rotatable bonds is 1. The predicted octanol–water partition coefficient (Wildman–Crippen LogP) is 1.41. The van der Waals surface area contributed by atoms with Crippen LogP contribution in [-0.2, 0) is 4.79 Å². The quantitative estimate of drug-likeness (QED) is 0.661. The summed E-state index contributed by atoms with van der Waals surface area (Å²) in [5.74, 6) is -1.41.